The fourth-order valence-corrected chi connectivity index (χ4v) is 5.32. The SMILES string of the molecule is C=CC(=O)OCCCCCCOc1ccc2cc(-c3ccc(C(=O)Sc4ccc(OCCCOC(=O)C(=C)C)cc4)cc3)ccc2c1. The molecule has 0 bridgehead atoms. The summed E-state index contributed by atoms with van der Waals surface area (Å²) in [5.74, 6) is 0.749. The first kappa shape index (κ1) is 35.0. The van der Waals surface area contributed by atoms with E-state index >= 15 is 0 Å². The van der Waals surface area contributed by atoms with Gasteiger partial charge in [0.1, 0.15) is 11.5 Å². The number of fused-ring (bicyclic) bond motifs is 1. The Labute approximate surface area is 280 Å². The van der Waals surface area contributed by atoms with Crippen molar-refractivity contribution in [3.8, 4) is 22.6 Å². The van der Waals surface area contributed by atoms with Gasteiger partial charge in [-0.3, -0.25) is 4.79 Å². The molecular weight excluding hydrogens is 612 g/mol. The maximum atomic E-state index is 12.9. The highest BCUT2D eigenvalue weighted by atomic mass is 32.2. The molecule has 0 aliphatic heterocycles. The van der Waals surface area contributed by atoms with Gasteiger partial charge in [-0.1, -0.05) is 43.5 Å². The molecule has 8 heteroatoms. The molecule has 0 saturated carbocycles. The van der Waals surface area contributed by atoms with E-state index in [1.54, 1.807) is 6.92 Å². The molecule has 0 aliphatic carbocycles. The van der Waals surface area contributed by atoms with Gasteiger partial charge >= 0.3 is 11.9 Å². The summed E-state index contributed by atoms with van der Waals surface area (Å²) in [5.41, 5.74) is 3.10. The maximum absolute atomic E-state index is 12.9. The number of benzene rings is 4. The zero-order valence-corrected chi connectivity index (χ0v) is 27.5. The first-order valence-electron chi connectivity index (χ1n) is 15.7. The Balaban J connectivity index is 1.21. The Morgan fingerprint density at radius 2 is 1.26 bits per heavy atom. The van der Waals surface area contributed by atoms with E-state index < -0.39 is 5.97 Å². The van der Waals surface area contributed by atoms with Gasteiger partial charge in [0.25, 0.3) is 0 Å². The average Bonchev–Trinajstić information content (AvgIpc) is 3.09. The molecule has 0 aliphatic rings. The summed E-state index contributed by atoms with van der Waals surface area (Å²) >= 11 is 1.17. The topological polar surface area (TPSA) is 88.1 Å². The van der Waals surface area contributed by atoms with Crippen LogP contribution in [0.4, 0.5) is 0 Å². The average molecular weight is 653 g/mol. The number of carbonyl (C=O) groups excluding carboxylic acids is 3. The molecular formula is C39H40O7S. The van der Waals surface area contributed by atoms with Crippen molar-refractivity contribution in [3.05, 3.63) is 115 Å². The fourth-order valence-electron chi connectivity index (χ4n) is 4.58. The molecule has 0 N–H and O–H groups in total. The summed E-state index contributed by atoms with van der Waals surface area (Å²) < 4.78 is 21.7. The van der Waals surface area contributed by atoms with Gasteiger partial charge in [-0.25, -0.2) is 9.59 Å². The van der Waals surface area contributed by atoms with E-state index in [4.69, 9.17) is 18.9 Å². The van der Waals surface area contributed by atoms with Crippen LogP contribution in [0.5, 0.6) is 11.5 Å². The molecule has 4 aromatic carbocycles. The number of hydrogen-bond acceptors (Lipinski definition) is 8. The fraction of sp³-hybridized carbons (Fsp3) is 0.256. The number of unbranched alkanes of at least 4 members (excludes halogenated alkanes) is 3. The highest BCUT2D eigenvalue weighted by molar-refractivity contribution is 8.14. The third kappa shape index (κ3) is 11.5. The van der Waals surface area contributed by atoms with Crippen LogP contribution in [0, 0.1) is 0 Å². The van der Waals surface area contributed by atoms with Crippen LogP contribution >= 0.6 is 11.8 Å². The number of esters is 2. The van der Waals surface area contributed by atoms with Crippen LogP contribution in [0.15, 0.2) is 115 Å². The highest BCUT2D eigenvalue weighted by Gasteiger charge is 2.10. The van der Waals surface area contributed by atoms with Gasteiger partial charge in [-0.15, -0.1) is 0 Å². The van der Waals surface area contributed by atoms with Crippen molar-refractivity contribution in [3.63, 3.8) is 0 Å². The van der Waals surface area contributed by atoms with Crippen LogP contribution in [0.25, 0.3) is 21.9 Å². The molecule has 0 atom stereocenters. The standard InChI is InChI=1S/C39H40O7S/c1-4-37(40)45-23-8-6-5-7-22-44-35-17-16-32-26-31(14-15-33(32)27-35)29-10-12-30(13-11-29)39(42)47-36-20-18-34(19-21-36)43-24-9-25-46-38(41)28(2)3/h4,10-21,26-27H,1-2,5-9,22-25H2,3H3. The molecule has 0 unspecified atom stereocenters. The molecule has 47 heavy (non-hydrogen) atoms. The predicted octanol–water partition coefficient (Wildman–Crippen LogP) is 9.00. The van der Waals surface area contributed by atoms with E-state index in [0.29, 0.717) is 43.1 Å². The highest BCUT2D eigenvalue weighted by Crippen LogP contribution is 2.29. The third-order valence-electron chi connectivity index (χ3n) is 7.16. The molecule has 7 nitrogen and oxygen atoms in total. The van der Waals surface area contributed by atoms with Crippen LogP contribution < -0.4 is 9.47 Å². The molecule has 0 heterocycles. The minimum Gasteiger partial charge on any atom is -0.494 e. The second kappa shape index (κ2) is 18.4. The molecule has 0 spiro atoms. The Morgan fingerprint density at radius 1 is 0.660 bits per heavy atom. The zero-order chi connectivity index (χ0) is 33.4. The lowest BCUT2D eigenvalue weighted by Crippen LogP contribution is -2.09. The smallest absolute Gasteiger partial charge is 0.333 e. The summed E-state index contributed by atoms with van der Waals surface area (Å²) in [6.45, 7) is 10.3. The lowest BCUT2D eigenvalue weighted by atomic mass is 10.0. The zero-order valence-electron chi connectivity index (χ0n) is 26.7. The quantitative estimate of drug-likeness (QED) is 0.0456. The summed E-state index contributed by atoms with van der Waals surface area (Å²) in [4.78, 5) is 36.2. The lowest BCUT2D eigenvalue weighted by molar-refractivity contribution is -0.139. The van der Waals surface area contributed by atoms with Crippen LogP contribution in [-0.2, 0) is 19.1 Å². The van der Waals surface area contributed by atoms with Crippen molar-refractivity contribution in [2.75, 3.05) is 26.4 Å². The Hall–Kier alpha value is -4.82. The molecule has 0 saturated heterocycles. The van der Waals surface area contributed by atoms with E-state index in [1.165, 1.54) is 17.8 Å². The van der Waals surface area contributed by atoms with Crippen molar-refractivity contribution < 1.29 is 33.3 Å². The van der Waals surface area contributed by atoms with Gasteiger partial charge in [-0.2, -0.15) is 0 Å². The molecule has 0 aromatic heterocycles. The van der Waals surface area contributed by atoms with Crippen molar-refractivity contribution in [1.29, 1.82) is 0 Å². The predicted molar refractivity (Wildman–Crippen MR) is 187 cm³/mol. The van der Waals surface area contributed by atoms with Gasteiger partial charge in [-0.05, 0) is 121 Å². The number of hydrogen-bond donors (Lipinski definition) is 0. The van der Waals surface area contributed by atoms with Gasteiger partial charge < -0.3 is 18.9 Å². The van der Waals surface area contributed by atoms with Gasteiger partial charge in [0.2, 0.25) is 5.12 Å². The van der Waals surface area contributed by atoms with Gasteiger partial charge in [0.05, 0.1) is 26.4 Å². The second-order valence-corrected chi connectivity index (χ2v) is 12.0. The van der Waals surface area contributed by atoms with E-state index in [1.807, 2.05) is 54.6 Å². The minimum absolute atomic E-state index is 0.0374. The van der Waals surface area contributed by atoms with Gasteiger partial charge in [0.15, 0.2) is 0 Å². The Kier molecular flexibility index (Phi) is 13.7. The summed E-state index contributed by atoms with van der Waals surface area (Å²) in [6.07, 6.45) is 5.51. The monoisotopic (exact) mass is 652 g/mol. The van der Waals surface area contributed by atoms with E-state index in [0.717, 1.165) is 58.2 Å². The van der Waals surface area contributed by atoms with Crippen molar-refractivity contribution in [1.82, 2.24) is 0 Å². The first-order valence-corrected chi connectivity index (χ1v) is 16.5. The van der Waals surface area contributed by atoms with E-state index in [9.17, 15) is 14.4 Å². The summed E-state index contributed by atoms with van der Waals surface area (Å²) in [6, 6.07) is 27.4. The van der Waals surface area contributed by atoms with Gasteiger partial charge in [0, 0.05) is 28.5 Å². The Bertz CT molecular complexity index is 1680. The number of thioether (sulfide) groups is 1. The van der Waals surface area contributed by atoms with Crippen LogP contribution in [0.3, 0.4) is 0 Å². The van der Waals surface area contributed by atoms with Crippen molar-refractivity contribution in [2.24, 2.45) is 0 Å². The van der Waals surface area contributed by atoms with E-state index in [2.05, 4.69) is 43.5 Å². The first-order chi connectivity index (χ1) is 22.8. The number of carbonyl (C=O) groups is 3. The molecule has 4 rings (SSSR count). The van der Waals surface area contributed by atoms with Crippen LogP contribution in [-0.4, -0.2) is 43.5 Å². The maximum Gasteiger partial charge on any atom is 0.333 e. The number of rotatable bonds is 18. The molecule has 0 amide bonds. The van der Waals surface area contributed by atoms with Crippen molar-refractivity contribution >= 4 is 39.6 Å². The summed E-state index contributed by atoms with van der Waals surface area (Å²) in [5, 5.41) is 2.17. The lowest BCUT2D eigenvalue weighted by Gasteiger charge is -2.09. The van der Waals surface area contributed by atoms with Crippen molar-refractivity contribution in [2.45, 2.75) is 43.9 Å². The normalized spacial score (nSPS) is 10.7. The Morgan fingerprint density at radius 3 is 1.98 bits per heavy atom. The van der Waals surface area contributed by atoms with Crippen LogP contribution in [0.1, 0.15) is 49.4 Å². The third-order valence-corrected chi connectivity index (χ3v) is 8.09. The minimum atomic E-state index is -0.400. The van der Waals surface area contributed by atoms with Crippen LogP contribution in [0.2, 0.25) is 0 Å². The summed E-state index contributed by atoms with van der Waals surface area (Å²) in [7, 11) is 0. The molecule has 0 fully saturated rings. The molecule has 4 aromatic rings. The largest absolute Gasteiger partial charge is 0.494 e. The number of ether oxygens (including phenoxy) is 4. The molecule has 244 valence electrons. The van der Waals surface area contributed by atoms with E-state index in [-0.39, 0.29) is 17.7 Å². The molecule has 0 radical (unpaired) electrons. The second-order valence-electron chi connectivity index (χ2n) is 10.9.